The van der Waals surface area contributed by atoms with Gasteiger partial charge in [0.05, 0.1) is 13.1 Å². The summed E-state index contributed by atoms with van der Waals surface area (Å²) < 4.78 is 25.6. The summed E-state index contributed by atoms with van der Waals surface area (Å²) in [6, 6.07) is 7.64. The van der Waals surface area contributed by atoms with Gasteiger partial charge in [0.25, 0.3) is 5.92 Å². The van der Waals surface area contributed by atoms with Crippen molar-refractivity contribution in [2.45, 2.75) is 17.7 Å². The molecule has 2 fully saturated rings. The molecule has 0 aromatic heterocycles. The molecule has 2 amide bonds. The number of primary amides is 1. The number of amides is 2. The molecule has 22 heavy (non-hydrogen) atoms. The second-order valence-corrected chi connectivity index (χ2v) is 7.20. The lowest BCUT2D eigenvalue weighted by molar-refractivity contribution is -0.133. The van der Waals surface area contributed by atoms with Crippen molar-refractivity contribution < 1.29 is 13.6 Å². The third kappa shape index (κ3) is 3.52. The number of rotatable bonds is 3. The lowest BCUT2D eigenvalue weighted by Crippen LogP contribution is -2.55. The lowest BCUT2D eigenvalue weighted by atomic mass is 10.1. The lowest BCUT2D eigenvalue weighted by Gasteiger charge is -2.38. The zero-order valence-corrected chi connectivity index (χ0v) is 13.0. The van der Waals surface area contributed by atoms with E-state index < -0.39 is 5.92 Å². The molecule has 120 valence electrons. The Hall–Kier alpha value is -1.34. The second-order valence-electron chi connectivity index (χ2n) is 5.89. The maximum absolute atomic E-state index is 12.8. The summed E-state index contributed by atoms with van der Waals surface area (Å²) in [4.78, 5) is 14.7. The van der Waals surface area contributed by atoms with Crippen molar-refractivity contribution in [3.05, 3.63) is 35.4 Å². The Morgan fingerprint density at radius 1 is 1.32 bits per heavy atom. The number of hydrogen-bond acceptors (Lipinski definition) is 3. The Kier molecular flexibility index (Phi) is 4.27. The van der Waals surface area contributed by atoms with Crippen LogP contribution in [0.2, 0.25) is 0 Å². The normalized spacial score (nSPS) is 24.8. The molecule has 2 heterocycles. The fourth-order valence-electron chi connectivity index (χ4n) is 2.87. The Bertz CT molecular complexity index is 544. The molecule has 0 spiro atoms. The van der Waals surface area contributed by atoms with Gasteiger partial charge in [-0.3, -0.25) is 4.90 Å². The summed E-state index contributed by atoms with van der Waals surface area (Å²) in [5.41, 5.74) is 7.52. The molecule has 0 bridgehead atoms. The van der Waals surface area contributed by atoms with Crippen molar-refractivity contribution in [2.24, 2.45) is 5.73 Å². The second kappa shape index (κ2) is 6.04. The molecule has 2 saturated heterocycles. The summed E-state index contributed by atoms with van der Waals surface area (Å²) >= 11 is 1.81. The number of hydrogen-bond donors (Lipinski definition) is 1. The van der Waals surface area contributed by atoms with Gasteiger partial charge in [0, 0.05) is 30.6 Å². The largest absolute Gasteiger partial charge is 0.351 e. The van der Waals surface area contributed by atoms with Gasteiger partial charge in [-0.1, -0.05) is 24.3 Å². The first-order valence-corrected chi connectivity index (χ1v) is 8.33. The monoisotopic (exact) mass is 327 g/mol. The van der Waals surface area contributed by atoms with Crippen molar-refractivity contribution in [1.29, 1.82) is 0 Å². The predicted molar refractivity (Wildman–Crippen MR) is 83.0 cm³/mol. The van der Waals surface area contributed by atoms with Gasteiger partial charge < -0.3 is 10.6 Å². The van der Waals surface area contributed by atoms with Crippen LogP contribution in [0.1, 0.15) is 16.4 Å². The highest BCUT2D eigenvalue weighted by molar-refractivity contribution is 7.99. The molecule has 2 aliphatic rings. The number of halogens is 2. The molecule has 1 unspecified atom stereocenters. The van der Waals surface area contributed by atoms with Gasteiger partial charge in [-0.2, -0.15) is 11.8 Å². The highest BCUT2D eigenvalue weighted by Gasteiger charge is 2.43. The molecular weight excluding hydrogens is 308 g/mol. The van der Waals surface area contributed by atoms with Gasteiger partial charge in [0.2, 0.25) is 0 Å². The van der Waals surface area contributed by atoms with Crippen LogP contribution >= 0.6 is 11.8 Å². The number of carbonyl (C=O) groups is 1. The zero-order chi connectivity index (χ0) is 15.7. The SMILES string of the molecule is NC(=O)N1CCSC(c2ccc(CN3CC(F)(F)C3)cc2)C1. The first-order chi connectivity index (χ1) is 10.4. The Balaban J connectivity index is 1.58. The van der Waals surface area contributed by atoms with Crippen LogP contribution in [0, 0.1) is 0 Å². The number of alkyl halides is 2. The van der Waals surface area contributed by atoms with E-state index in [-0.39, 0.29) is 24.4 Å². The Morgan fingerprint density at radius 3 is 2.59 bits per heavy atom. The number of benzene rings is 1. The van der Waals surface area contributed by atoms with E-state index in [1.807, 2.05) is 36.0 Å². The molecule has 0 saturated carbocycles. The number of nitrogens with zero attached hydrogens (tertiary/aromatic N) is 2. The van der Waals surface area contributed by atoms with E-state index >= 15 is 0 Å². The first-order valence-electron chi connectivity index (χ1n) is 7.28. The summed E-state index contributed by atoms with van der Waals surface area (Å²) in [5.74, 6) is -1.64. The molecule has 1 aromatic carbocycles. The number of thioether (sulfide) groups is 1. The molecular formula is C15H19F2N3OS. The van der Waals surface area contributed by atoms with Crippen LogP contribution < -0.4 is 5.73 Å². The third-order valence-electron chi connectivity index (χ3n) is 4.05. The zero-order valence-electron chi connectivity index (χ0n) is 12.2. The standard InChI is InChI=1S/C15H19F2N3OS/c16-15(17)9-19(10-15)7-11-1-3-12(4-2-11)13-8-20(14(18)21)5-6-22-13/h1-4,13H,5-10H2,(H2,18,21). The highest BCUT2D eigenvalue weighted by Crippen LogP contribution is 2.33. The highest BCUT2D eigenvalue weighted by atomic mass is 32.2. The quantitative estimate of drug-likeness (QED) is 0.927. The summed E-state index contributed by atoms with van der Waals surface area (Å²) in [6.07, 6.45) is 0. The van der Waals surface area contributed by atoms with Crippen molar-refractivity contribution >= 4 is 17.8 Å². The number of urea groups is 1. The van der Waals surface area contributed by atoms with E-state index in [1.165, 1.54) is 0 Å². The summed E-state index contributed by atoms with van der Waals surface area (Å²) in [7, 11) is 0. The van der Waals surface area contributed by atoms with Crippen molar-refractivity contribution in [2.75, 3.05) is 31.9 Å². The molecule has 2 aliphatic heterocycles. The van der Waals surface area contributed by atoms with Crippen molar-refractivity contribution in [3.8, 4) is 0 Å². The smallest absolute Gasteiger partial charge is 0.314 e. The average molecular weight is 327 g/mol. The van der Waals surface area contributed by atoms with Crippen LogP contribution in [0.25, 0.3) is 0 Å². The van der Waals surface area contributed by atoms with E-state index in [1.54, 1.807) is 9.80 Å². The van der Waals surface area contributed by atoms with E-state index in [4.69, 9.17) is 5.73 Å². The van der Waals surface area contributed by atoms with Gasteiger partial charge in [-0.15, -0.1) is 0 Å². The van der Waals surface area contributed by atoms with E-state index in [0.717, 1.165) is 16.9 Å². The third-order valence-corrected chi connectivity index (χ3v) is 5.29. The molecule has 1 aromatic rings. The van der Waals surface area contributed by atoms with Gasteiger partial charge in [-0.25, -0.2) is 13.6 Å². The molecule has 1 atom stereocenters. The van der Waals surface area contributed by atoms with E-state index in [2.05, 4.69) is 0 Å². The number of carbonyl (C=O) groups excluding carboxylic acids is 1. The van der Waals surface area contributed by atoms with Crippen LogP contribution in [0.5, 0.6) is 0 Å². The molecule has 4 nitrogen and oxygen atoms in total. The van der Waals surface area contributed by atoms with Crippen molar-refractivity contribution in [3.63, 3.8) is 0 Å². The fourth-order valence-corrected chi connectivity index (χ4v) is 4.11. The minimum Gasteiger partial charge on any atom is -0.351 e. The van der Waals surface area contributed by atoms with Gasteiger partial charge in [0.15, 0.2) is 0 Å². The molecule has 0 radical (unpaired) electrons. The topological polar surface area (TPSA) is 49.6 Å². The maximum Gasteiger partial charge on any atom is 0.314 e. The van der Waals surface area contributed by atoms with Crippen LogP contribution in [-0.4, -0.2) is 53.7 Å². The average Bonchev–Trinajstić information content (AvgIpc) is 2.46. The van der Waals surface area contributed by atoms with Gasteiger partial charge in [-0.05, 0) is 11.1 Å². The summed E-state index contributed by atoms with van der Waals surface area (Å²) in [5, 5.41) is 0.226. The van der Waals surface area contributed by atoms with Gasteiger partial charge >= 0.3 is 6.03 Å². The van der Waals surface area contributed by atoms with Gasteiger partial charge in [0.1, 0.15) is 0 Å². The predicted octanol–water partition coefficient (Wildman–Crippen LogP) is 2.31. The molecule has 0 aliphatic carbocycles. The van der Waals surface area contributed by atoms with Crippen LogP contribution in [0.3, 0.4) is 0 Å². The van der Waals surface area contributed by atoms with Crippen LogP contribution in [0.4, 0.5) is 13.6 Å². The van der Waals surface area contributed by atoms with Crippen molar-refractivity contribution in [1.82, 2.24) is 9.80 Å². The van der Waals surface area contributed by atoms with E-state index in [0.29, 0.717) is 19.6 Å². The minimum absolute atomic E-state index is 0.152. The van der Waals surface area contributed by atoms with E-state index in [9.17, 15) is 13.6 Å². The number of likely N-dealkylation sites (tertiary alicyclic amines) is 1. The van der Waals surface area contributed by atoms with Crippen LogP contribution in [-0.2, 0) is 6.54 Å². The number of nitrogens with two attached hydrogens (primary N) is 1. The molecule has 2 N–H and O–H groups in total. The fraction of sp³-hybridized carbons (Fsp3) is 0.533. The maximum atomic E-state index is 12.8. The minimum atomic E-state index is -2.52. The summed E-state index contributed by atoms with van der Waals surface area (Å²) in [6.45, 7) is 1.57. The molecule has 7 heteroatoms. The van der Waals surface area contributed by atoms with Crippen LogP contribution in [0.15, 0.2) is 24.3 Å². The Morgan fingerprint density at radius 2 is 2.00 bits per heavy atom. The Labute approximate surface area is 132 Å². The first kappa shape index (κ1) is 15.6. The molecule has 3 rings (SSSR count).